The van der Waals surface area contributed by atoms with E-state index in [0.717, 1.165) is 0 Å². The van der Waals surface area contributed by atoms with Crippen molar-refractivity contribution in [1.82, 2.24) is 5.48 Å². The number of carbonyl (C=O) groups excluding carboxylic acids is 1. The Hall–Kier alpha value is -0.780. The number of hydroxylamine groups is 1. The van der Waals surface area contributed by atoms with E-state index in [-0.39, 0.29) is 12.9 Å². The van der Waals surface area contributed by atoms with Gasteiger partial charge in [-0.2, -0.15) is 18.7 Å². The highest BCUT2D eigenvalue weighted by molar-refractivity contribution is 5.36. The van der Waals surface area contributed by atoms with Gasteiger partial charge in [0.1, 0.15) is 0 Å². The number of hydrogen-bond acceptors (Lipinski definition) is 3. The molecule has 6 heteroatoms. The lowest BCUT2D eigenvalue weighted by Gasteiger charge is -2.05. The Bertz CT molecular complexity index is 138. The van der Waals surface area contributed by atoms with Crippen molar-refractivity contribution < 1.29 is 22.8 Å². The molecule has 0 radical (unpaired) electrons. The summed E-state index contributed by atoms with van der Waals surface area (Å²) in [5, 5.41) is 0. The minimum absolute atomic E-state index is 0.117. The van der Waals surface area contributed by atoms with Crippen molar-refractivity contribution in [3.8, 4) is 0 Å². The second kappa shape index (κ2) is 6.71. The van der Waals surface area contributed by atoms with E-state index >= 15 is 0 Å². The Kier molecular flexibility index (Phi) is 6.30. The Labute approximate surface area is 74.2 Å². The van der Waals surface area contributed by atoms with Gasteiger partial charge in [0.05, 0.1) is 0 Å². The van der Waals surface area contributed by atoms with E-state index in [1.807, 2.05) is 0 Å². The predicted octanol–water partition coefficient (Wildman–Crippen LogP) is 1.79. The van der Waals surface area contributed by atoms with Crippen molar-refractivity contribution in [2.75, 3.05) is 6.54 Å². The largest absolute Gasteiger partial charge is 0.389 e. The van der Waals surface area contributed by atoms with E-state index in [0.29, 0.717) is 19.4 Å². The maximum absolute atomic E-state index is 11.6. The highest BCUT2D eigenvalue weighted by Crippen LogP contribution is 2.22. The van der Waals surface area contributed by atoms with Gasteiger partial charge in [0, 0.05) is 13.0 Å². The second-order valence-corrected chi connectivity index (χ2v) is 2.53. The van der Waals surface area contributed by atoms with E-state index < -0.39 is 12.6 Å². The molecular weight excluding hydrogens is 187 g/mol. The molecule has 0 bridgehead atoms. The van der Waals surface area contributed by atoms with E-state index in [4.69, 9.17) is 0 Å². The lowest BCUT2D eigenvalue weighted by atomic mass is 10.2. The van der Waals surface area contributed by atoms with Gasteiger partial charge in [-0.1, -0.05) is 6.42 Å². The van der Waals surface area contributed by atoms with Crippen LogP contribution in [0.3, 0.4) is 0 Å². The van der Waals surface area contributed by atoms with Gasteiger partial charge in [-0.05, 0) is 12.8 Å². The zero-order valence-electron chi connectivity index (χ0n) is 7.06. The molecule has 0 heterocycles. The van der Waals surface area contributed by atoms with Crippen molar-refractivity contribution in [1.29, 1.82) is 0 Å². The first-order valence-corrected chi connectivity index (χ1v) is 3.95. The number of halogens is 3. The minimum Gasteiger partial charge on any atom is -0.374 e. The fraction of sp³-hybridized carbons (Fsp3) is 0.857. The number of rotatable bonds is 7. The van der Waals surface area contributed by atoms with Crippen molar-refractivity contribution in [2.45, 2.75) is 31.9 Å². The second-order valence-electron chi connectivity index (χ2n) is 2.53. The number of hydrogen-bond donors (Lipinski definition) is 1. The number of carbonyl (C=O) groups is 1. The first kappa shape index (κ1) is 12.2. The lowest BCUT2D eigenvalue weighted by molar-refractivity contribution is -0.135. The summed E-state index contributed by atoms with van der Waals surface area (Å²) in [7, 11) is 0. The van der Waals surface area contributed by atoms with Crippen molar-refractivity contribution in [2.24, 2.45) is 0 Å². The fourth-order valence-corrected chi connectivity index (χ4v) is 0.792. The molecule has 0 fully saturated rings. The Morgan fingerprint density at radius 2 is 1.92 bits per heavy atom. The summed E-state index contributed by atoms with van der Waals surface area (Å²) in [5.41, 5.74) is 2.28. The molecule has 0 aromatic carbocycles. The predicted molar refractivity (Wildman–Crippen MR) is 39.7 cm³/mol. The molecule has 13 heavy (non-hydrogen) atoms. The first-order valence-electron chi connectivity index (χ1n) is 3.95. The molecule has 0 unspecified atom stereocenters. The zero-order valence-corrected chi connectivity index (χ0v) is 7.06. The van der Waals surface area contributed by atoms with Crippen LogP contribution < -0.4 is 5.48 Å². The third-order valence-corrected chi connectivity index (χ3v) is 1.37. The highest BCUT2D eigenvalue weighted by Gasteiger charge is 2.25. The van der Waals surface area contributed by atoms with E-state index in [1.54, 1.807) is 0 Å². The minimum atomic E-state index is -4.06. The molecule has 0 amide bonds. The number of unbranched alkanes of at least 4 members (excludes halogenated alkanes) is 2. The van der Waals surface area contributed by atoms with Crippen LogP contribution in [0.15, 0.2) is 0 Å². The van der Waals surface area contributed by atoms with Crippen LogP contribution in [0.2, 0.25) is 0 Å². The first-order chi connectivity index (χ1) is 6.06. The normalized spacial score (nSPS) is 11.3. The zero-order chi connectivity index (χ0) is 10.2. The standard InChI is InChI=1S/C7H12F3NO2/c8-7(9,10)4-2-1-3-5-11-13-6-12/h6,11H,1-5H2. The van der Waals surface area contributed by atoms with Crippen LogP contribution >= 0.6 is 0 Å². The molecule has 0 spiro atoms. The maximum atomic E-state index is 11.6. The molecule has 0 aliphatic carbocycles. The molecule has 1 N–H and O–H groups in total. The van der Waals surface area contributed by atoms with Gasteiger partial charge in [-0.3, -0.25) is 4.79 Å². The van der Waals surface area contributed by atoms with Gasteiger partial charge >= 0.3 is 12.6 Å². The molecule has 0 aliphatic rings. The van der Waals surface area contributed by atoms with Gasteiger partial charge < -0.3 is 4.84 Å². The smallest absolute Gasteiger partial charge is 0.374 e. The Morgan fingerprint density at radius 3 is 2.46 bits per heavy atom. The van der Waals surface area contributed by atoms with Crippen LogP contribution in [0, 0.1) is 0 Å². The number of nitrogens with one attached hydrogen (secondary N) is 1. The third kappa shape index (κ3) is 11.2. The van der Waals surface area contributed by atoms with Crippen molar-refractivity contribution in [3.05, 3.63) is 0 Å². The average molecular weight is 199 g/mol. The SMILES string of the molecule is O=CONCCCCCC(F)(F)F. The summed E-state index contributed by atoms with van der Waals surface area (Å²) >= 11 is 0. The van der Waals surface area contributed by atoms with Crippen LogP contribution in [0.1, 0.15) is 25.7 Å². The van der Waals surface area contributed by atoms with Gasteiger partial charge in [-0.15, -0.1) is 0 Å². The van der Waals surface area contributed by atoms with Crippen LogP contribution in [0.25, 0.3) is 0 Å². The van der Waals surface area contributed by atoms with E-state index in [2.05, 4.69) is 10.3 Å². The van der Waals surface area contributed by atoms with Gasteiger partial charge in [0.25, 0.3) is 0 Å². The topological polar surface area (TPSA) is 38.3 Å². The lowest BCUT2D eigenvalue weighted by Crippen LogP contribution is -2.15. The summed E-state index contributed by atoms with van der Waals surface area (Å²) < 4.78 is 34.8. The quantitative estimate of drug-likeness (QED) is 0.386. The van der Waals surface area contributed by atoms with E-state index in [1.165, 1.54) is 0 Å². The van der Waals surface area contributed by atoms with Crippen LogP contribution in [0.4, 0.5) is 13.2 Å². The average Bonchev–Trinajstić information content (AvgIpc) is 2.01. The molecular formula is C7H12F3NO2. The van der Waals surface area contributed by atoms with E-state index in [9.17, 15) is 18.0 Å². The van der Waals surface area contributed by atoms with Crippen LogP contribution in [0.5, 0.6) is 0 Å². The Balaban J connectivity index is 3.04. The fourth-order valence-electron chi connectivity index (χ4n) is 0.792. The molecule has 78 valence electrons. The number of alkyl halides is 3. The molecule has 0 rings (SSSR count). The van der Waals surface area contributed by atoms with Gasteiger partial charge in [0.2, 0.25) is 0 Å². The third-order valence-electron chi connectivity index (χ3n) is 1.37. The van der Waals surface area contributed by atoms with Crippen LogP contribution in [-0.4, -0.2) is 19.2 Å². The van der Waals surface area contributed by atoms with Gasteiger partial charge in [0.15, 0.2) is 0 Å². The molecule has 0 aliphatic heterocycles. The highest BCUT2D eigenvalue weighted by atomic mass is 19.4. The Morgan fingerprint density at radius 1 is 1.23 bits per heavy atom. The summed E-state index contributed by atoms with van der Waals surface area (Å²) in [5.74, 6) is 0. The molecule has 0 aromatic heterocycles. The molecule has 0 saturated heterocycles. The summed E-state index contributed by atoms with van der Waals surface area (Å²) in [6.45, 7) is 0.617. The van der Waals surface area contributed by atoms with Crippen LogP contribution in [-0.2, 0) is 9.63 Å². The molecule has 0 atom stereocenters. The summed E-state index contributed by atoms with van der Waals surface area (Å²) in [6.07, 6.45) is -3.67. The maximum Gasteiger partial charge on any atom is 0.389 e. The summed E-state index contributed by atoms with van der Waals surface area (Å²) in [4.78, 5) is 13.7. The molecule has 0 aromatic rings. The summed E-state index contributed by atoms with van der Waals surface area (Å²) in [6, 6.07) is 0. The van der Waals surface area contributed by atoms with Crippen molar-refractivity contribution in [3.63, 3.8) is 0 Å². The molecule has 0 saturated carbocycles. The van der Waals surface area contributed by atoms with Gasteiger partial charge in [-0.25, -0.2) is 0 Å². The van der Waals surface area contributed by atoms with Crippen molar-refractivity contribution >= 4 is 6.47 Å². The molecule has 3 nitrogen and oxygen atoms in total. The monoisotopic (exact) mass is 199 g/mol.